The van der Waals surface area contributed by atoms with Crippen molar-refractivity contribution >= 4 is 16.1 Å². The molecule has 20 heavy (non-hydrogen) atoms. The summed E-state index contributed by atoms with van der Waals surface area (Å²) in [4.78, 5) is 13.0. The highest BCUT2D eigenvalue weighted by molar-refractivity contribution is 7.86. The Kier molecular flexibility index (Phi) is 4.56. The van der Waals surface area contributed by atoms with E-state index in [1.165, 1.54) is 12.1 Å². The Hall–Kier alpha value is -1.67. The molecule has 6 nitrogen and oxygen atoms in total. The lowest BCUT2D eigenvalue weighted by molar-refractivity contribution is -0.137. The van der Waals surface area contributed by atoms with Crippen LogP contribution in [0.5, 0.6) is 5.75 Å². The number of carbonyl (C=O) groups is 1. The van der Waals surface area contributed by atoms with E-state index in [2.05, 4.69) is 0 Å². The fourth-order valence-corrected chi connectivity index (χ4v) is 2.21. The number of hydrogen-bond acceptors (Lipinski definition) is 5. The largest absolute Gasteiger partial charge is 0.484 e. The van der Waals surface area contributed by atoms with E-state index in [4.69, 9.17) is 9.47 Å². The van der Waals surface area contributed by atoms with Crippen LogP contribution in [0.25, 0.3) is 0 Å². The third-order valence-electron chi connectivity index (χ3n) is 2.83. The van der Waals surface area contributed by atoms with Gasteiger partial charge in [-0.3, -0.25) is 4.79 Å². The Bertz CT molecular complexity index is 566. The second-order valence-electron chi connectivity index (χ2n) is 4.19. The molecule has 0 unspecified atom stereocenters. The van der Waals surface area contributed by atoms with Crippen LogP contribution in [0.15, 0.2) is 29.2 Å². The van der Waals surface area contributed by atoms with Gasteiger partial charge in [0.05, 0.1) is 18.1 Å². The number of morpholine rings is 1. The summed E-state index contributed by atoms with van der Waals surface area (Å²) in [5, 5.41) is 0. The molecule has 0 radical (unpaired) electrons. The van der Waals surface area contributed by atoms with Crippen LogP contribution < -0.4 is 4.74 Å². The Morgan fingerprint density at radius 3 is 2.40 bits per heavy atom. The lowest BCUT2D eigenvalue weighted by Gasteiger charge is -2.26. The van der Waals surface area contributed by atoms with Gasteiger partial charge in [-0.25, -0.2) is 0 Å². The van der Waals surface area contributed by atoms with Gasteiger partial charge in [-0.15, -0.1) is 3.89 Å². The first kappa shape index (κ1) is 14.7. The number of hydrogen-bond donors (Lipinski definition) is 0. The van der Waals surface area contributed by atoms with Crippen LogP contribution in [0.1, 0.15) is 0 Å². The molecule has 1 amide bonds. The van der Waals surface area contributed by atoms with Crippen LogP contribution in [0, 0.1) is 0 Å². The predicted molar refractivity (Wildman–Crippen MR) is 67.6 cm³/mol. The molecule has 1 aromatic rings. The van der Waals surface area contributed by atoms with Gasteiger partial charge >= 0.3 is 10.2 Å². The zero-order valence-corrected chi connectivity index (χ0v) is 11.4. The number of amides is 1. The average Bonchev–Trinajstić information content (AvgIpc) is 2.45. The molecule has 1 aliphatic rings. The Morgan fingerprint density at radius 2 is 1.85 bits per heavy atom. The number of halogens is 1. The summed E-state index contributed by atoms with van der Waals surface area (Å²) in [7, 11) is -4.71. The van der Waals surface area contributed by atoms with Crippen molar-refractivity contribution in [1.29, 1.82) is 0 Å². The molecule has 1 saturated heterocycles. The van der Waals surface area contributed by atoms with Crippen molar-refractivity contribution in [1.82, 2.24) is 4.90 Å². The zero-order valence-electron chi connectivity index (χ0n) is 10.6. The highest BCUT2D eigenvalue weighted by Crippen LogP contribution is 2.17. The third-order valence-corrected chi connectivity index (χ3v) is 3.67. The normalized spacial score (nSPS) is 15.9. The highest BCUT2D eigenvalue weighted by atomic mass is 32.3. The van der Waals surface area contributed by atoms with Crippen LogP contribution in [-0.2, 0) is 19.8 Å². The molecule has 110 valence electrons. The van der Waals surface area contributed by atoms with Gasteiger partial charge in [-0.2, -0.15) is 8.42 Å². The van der Waals surface area contributed by atoms with E-state index in [0.29, 0.717) is 32.1 Å². The summed E-state index contributed by atoms with van der Waals surface area (Å²) in [6, 6.07) is 4.78. The van der Waals surface area contributed by atoms with Crippen molar-refractivity contribution in [3.63, 3.8) is 0 Å². The van der Waals surface area contributed by atoms with E-state index in [0.717, 1.165) is 12.1 Å². The molecule has 0 aromatic heterocycles. The number of carbonyl (C=O) groups excluding carboxylic acids is 1. The Balaban J connectivity index is 1.89. The molecule has 0 bridgehead atoms. The molecular formula is C12H14FNO5S. The molecule has 0 aliphatic carbocycles. The third kappa shape index (κ3) is 3.91. The van der Waals surface area contributed by atoms with Crippen molar-refractivity contribution in [2.45, 2.75) is 4.90 Å². The maximum absolute atomic E-state index is 12.7. The van der Waals surface area contributed by atoms with Gasteiger partial charge in [0.2, 0.25) is 0 Å². The van der Waals surface area contributed by atoms with E-state index in [-0.39, 0.29) is 12.5 Å². The van der Waals surface area contributed by atoms with Crippen molar-refractivity contribution in [2.75, 3.05) is 32.9 Å². The molecule has 2 rings (SSSR count). The smallest absolute Gasteiger partial charge is 0.332 e. The van der Waals surface area contributed by atoms with Gasteiger partial charge in [0.15, 0.2) is 6.61 Å². The van der Waals surface area contributed by atoms with E-state index in [1.807, 2.05) is 0 Å². The Morgan fingerprint density at radius 1 is 1.25 bits per heavy atom. The maximum Gasteiger partial charge on any atom is 0.332 e. The fraction of sp³-hybridized carbons (Fsp3) is 0.417. The zero-order chi connectivity index (χ0) is 14.6. The topological polar surface area (TPSA) is 72.9 Å². The van der Waals surface area contributed by atoms with Gasteiger partial charge in [-0.1, -0.05) is 0 Å². The summed E-state index contributed by atoms with van der Waals surface area (Å²) in [5.41, 5.74) is 0. The summed E-state index contributed by atoms with van der Waals surface area (Å²) < 4.78 is 44.3. The van der Waals surface area contributed by atoms with Crippen LogP contribution in [-0.4, -0.2) is 52.1 Å². The highest BCUT2D eigenvalue weighted by Gasteiger charge is 2.17. The van der Waals surface area contributed by atoms with E-state index >= 15 is 0 Å². The van der Waals surface area contributed by atoms with Gasteiger partial charge in [0.1, 0.15) is 5.75 Å². The van der Waals surface area contributed by atoms with Gasteiger partial charge < -0.3 is 14.4 Å². The second-order valence-corrected chi connectivity index (χ2v) is 5.54. The van der Waals surface area contributed by atoms with Gasteiger partial charge in [0, 0.05) is 13.1 Å². The molecule has 0 N–H and O–H groups in total. The first-order valence-electron chi connectivity index (χ1n) is 6.00. The molecule has 0 spiro atoms. The van der Waals surface area contributed by atoms with Gasteiger partial charge in [0.25, 0.3) is 5.91 Å². The number of nitrogens with zero attached hydrogens (tertiary/aromatic N) is 1. The first-order valence-corrected chi connectivity index (χ1v) is 7.38. The quantitative estimate of drug-likeness (QED) is 0.761. The standard InChI is InChI=1S/C12H14FNO5S/c13-20(16,17)11-3-1-10(2-4-11)19-9-12(15)14-5-7-18-8-6-14/h1-4H,5-9H2. The molecular weight excluding hydrogens is 289 g/mol. The molecule has 1 aromatic carbocycles. The van der Waals surface area contributed by atoms with E-state index in [1.54, 1.807) is 4.90 Å². The minimum atomic E-state index is -4.71. The van der Waals surface area contributed by atoms with Crippen LogP contribution >= 0.6 is 0 Å². The average molecular weight is 303 g/mol. The first-order chi connectivity index (χ1) is 9.47. The molecule has 0 saturated carbocycles. The van der Waals surface area contributed by atoms with Crippen molar-refractivity contribution in [2.24, 2.45) is 0 Å². The molecule has 8 heteroatoms. The number of benzene rings is 1. The summed E-state index contributed by atoms with van der Waals surface area (Å²) in [6.07, 6.45) is 0. The summed E-state index contributed by atoms with van der Waals surface area (Å²) in [5.74, 6) is 0.134. The second kappa shape index (κ2) is 6.19. The molecule has 1 aliphatic heterocycles. The van der Waals surface area contributed by atoms with Gasteiger partial charge in [-0.05, 0) is 24.3 Å². The van der Waals surface area contributed by atoms with Crippen molar-refractivity contribution in [3.8, 4) is 5.75 Å². The lowest BCUT2D eigenvalue weighted by Crippen LogP contribution is -2.42. The molecule has 0 atom stereocenters. The number of rotatable bonds is 4. The molecule has 1 heterocycles. The van der Waals surface area contributed by atoms with E-state index < -0.39 is 15.1 Å². The summed E-state index contributed by atoms with van der Waals surface area (Å²) >= 11 is 0. The van der Waals surface area contributed by atoms with E-state index in [9.17, 15) is 17.1 Å². The number of ether oxygens (including phenoxy) is 2. The van der Waals surface area contributed by atoms with Crippen LogP contribution in [0.4, 0.5) is 3.89 Å². The van der Waals surface area contributed by atoms with Crippen molar-refractivity contribution < 1.29 is 26.6 Å². The minimum Gasteiger partial charge on any atom is -0.484 e. The van der Waals surface area contributed by atoms with Crippen molar-refractivity contribution in [3.05, 3.63) is 24.3 Å². The SMILES string of the molecule is O=C(COc1ccc(S(=O)(=O)F)cc1)N1CCOCC1. The lowest BCUT2D eigenvalue weighted by atomic mass is 10.3. The van der Waals surface area contributed by atoms with Crippen LogP contribution in [0.3, 0.4) is 0 Å². The summed E-state index contributed by atoms with van der Waals surface area (Å²) in [6.45, 7) is 1.92. The predicted octanol–water partition coefficient (Wildman–Crippen LogP) is 0.582. The fourth-order valence-electron chi connectivity index (χ4n) is 1.75. The minimum absolute atomic E-state index is 0.151. The Labute approximate surface area is 116 Å². The maximum atomic E-state index is 12.7. The van der Waals surface area contributed by atoms with Crippen LogP contribution in [0.2, 0.25) is 0 Å². The monoisotopic (exact) mass is 303 g/mol. The molecule has 1 fully saturated rings.